The third kappa shape index (κ3) is 4.29. The van der Waals surface area contributed by atoms with Gasteiger partial charge in [-0.15, -0.1) is 0 Å². The largest absolute Gasteiger partial charge is 0.397 e. The van der Waals surface area contributed by atoms with Crippen molar-refractivity contribution in [2.75, 3.05) is 11.9 Å². The van der Waals surface area contributed by atoms with E-state index in [9.17, 15) is 10.1 Å². The number of halogens is 1. The van der Waals surface area contributed by atoms with E-state index < -0.39 is 13.9 Å². The van der Waals surface area contributed by atoms with Crippen LogP contribution in [0.2, 0.25) is 19.6 Å². The minimum Gasteiger partial charge on any atom is -0.397 e. The van der Waals surface area contributed by atoms with Gasteiger partial charge in [0.05, 0.1) is 11.3 Å². The molecule has 1 amide bonds. The number of hydrogen-bond acceptors (Lipinski definition) is 3. The van der Waals surface area contributed by atoms with E-state index in [0.29, 0.717) is 5.57 Å². The molecule has 0 aromatic heterocycles. The zero-order valence-corrected chi connectivity index (χ0v) is 18.1. The van der Waals surface area contributed by atoms with Crippen molar-refractivity contribution in [2.24, 2.45) is 0 Å². The molecule has 0 N–H and O–H groups in total. The fraction of sp³-hybridized carbons (Fsp3) is 0.368. The summed E-state index contributed by atoms with van der Waals surface area (Å²) < 4.78 is 6.91. The second kappa shape index (κ2) is 6.91. The fourth-order valence-corrected chi connectivity index (χ4v) is 4.62. The van der Waals surface area contributed by atoms with Crippen molar-refractivity contribution in [2.45, 2.75) is 39.1 Å². The van der Waals surface area contributed by atoms with Gasteiger partial charge in [0.25, 0.3) is 5.91 Å². The topological polar surface area (TPSA) is 53.3 Å². The van der Waals surface area contributed by atoms with Crippen LogP contribution in [0.3, 0.4) is 0 Å². The number of amides is 1. The molecule has 1 aromatic rings. The smallest absolute Gasteiger partial charge is 0.258 e. The maximum atomic E-state index is 12.7. The van der Waals surface area contributed by atoms with E-state index in [1.807, 2.05) is 50.8 Å². The van der Waals surface area contributed by atoms with Crippen LogP contribution in [0, 0.1) is 11.3 Å². The molecule has 0 saturated carbocycles. The van der Waals surface area contributed by atoms with E-state index >= 15 is 0 Å². The molecule has 1 aromatic carbocycles. The van der Waals surface area contributed by atoms with E-state index in [0.717, 1.165) is 21.3 Å². The van der Waals surface area contributed by atoms with Crippen LogP contribution >= 0.6 is 15.9 Å². The normalized spacial score (nSPS) is 19.0. The first kappa shape index (κ1) is 19.6. The monoisotopic (exact) mass is 418 g/mol. The molecule has 0 radical (unpaired) electrons. The van der Waals surface area contributed by atoms with Gasteiger partial charge in [0, 0.05) is 17.1 Å². The minimum absolute atomic E-state index is 0.0416. The molecule has 0 bridgehead atoms. The number of benzene rings is 1. The van der Waals surface area contributed by atoms with Gasteiger partial charge in [-0.05, 0) is 63.3 Å². The van der Waals surface area contributed by atoms with E-state index in [4.69, 9.17) is 4.43 Å². The van der Waals surface area contributed by atoms with Crippen LogP contribution in [0.5, 0.6) is 0 Å². The van der Waals surface area contributed by atoms with Gasteiger partial charge in [-0.1, -0.05) is 22.0 Å². The molecular formula is C19H23BrN2O2Si. The SMILES string of the molecule is CC(/C=C/[C@@](C)(C#N)O[Si](C)(C)C)=C1/C(=O)N(C)c2ccc(Br)cc21. The highest BCUT2D eigenvalue weighted by molar-refractivity contribution is 9.10. The van der Waals surface area contributed by atoms with Crippen LogP contribution in [0.4, 0.5) is 5.69 Å². The lowest BCUT2D eigenvalue weighted by molar-refractivity contribution is -0.112. The molecule has 2 rings (SSSR count). The molecule has 0 unspecified atom stereocenters. The number of carbonyl (C=O) groups is 1. The Balaban J connectivity index is 2.46. The minimum atomic E-state index is -1.88. The Kier molecular flexibility index (Phi) is 5.43. The van der Waals surface area contributed by atoms with E-state index in [1.54, 1.807) is 24.9 Å². The average molecular weight is 419 g/mol. The summed E-state index contributed by atoms with van der Waals surface area (Å²) >= 11 is 3.47. The molecule has 1 aliphatic heterocycles. The summed E-state index contributed by atoms with van der Waals surface area (Å²) in [6.07, 6.45) is 3.57. The molecule has 0 saturated heterocycles. The number of rotatable bonds is 4. The number of nitriles is 1. The second-order valence-corrected chi connectivity index (χ2v) is 12.7. The summed E-state index contributed by atoms with van der Waals surface area (Å²) in [4.78, 5) is 14.3. The quantitative estimate of drug-likeness (QED) is 0.516. The van der Waals surface area contributed by atoms with Crippen molar-refractivity contribution in [1.29, 1.82) is 5.26 Å². The van der Waals surface area contributed by atoms with Gasteiger partial charge in [-0.25, -0.2) is 0 Å². The standard InChI is InChI=1S/C19H23BrN2O2Si/c1-13(9-10-19(2,12-21)24-25(4,5)6)17-15-11-14(20)7-8-16(15)22(3)18(17)23/h7-11H,1-6H3/b10-9+,17-13-/t19-/m0/s1. The molecule has 0 fully saturated rings. The molecule has 25 heavy (non-hydrogen) atoms. The Morgan fingerprint density at radius 1 is 1.40 bits per heavy atom. The van der Waals surface area contributed by atoms with Crippen LogP contribution < -0.4 is 4.90 Å². The number of nitrogens with zero attached hydrogens (tertiary/aromatic N) is 2. The van der Waals surface area contributed by atoms with Crippen molar-refractivity contribution in [1.82, 2.24) is 0 Å². The van der Waals surface area contributed by atoms with Crippen molar-refractivity contribution < 1.29 is 9.22 Å². The van der Waals surface area contributed by atoms with E-state index in [1.165, 1.54) is 0 Å². The number of likely N-dealkylation sites (N-methyl/N-ethyl adjacent to an activating group) is 1. The van der Waals surface area contributed by atoms with Crippen LogP contribution in [0.15, 0.2) is 40.4 Å². The summed E-state index contributed by atoms with van der Waals surface area (Å²) in [5.41, 5.74) is 2.25. The van der Waals surface area contributed by atoms with Gasteiger partial charge in [-0.2, -0.15) is 5.26 Å². The molecule has 6 heteroatoms. The molecule has 0 aliphatic carbocycles. The molecule has 4 nitrogen and oxygen atoms in total. The van der Waals surface area contributed by atoms with Crippen molar-refractivity contribution >= 4 is 41.4 Å². The third-order valence-corrected chi connectivity index (χ3v) is 5.42. The Morgan fingerprint density at radius 3 is 2.60 bits per heavy atom. The Hall–Kier alpha value is -1.68. The molecule has 1 atom stereocenters. The van der Waals surface area contributed by atoms with Gasteiger partial charge < -0.3 is 9.33 Å². The van der Waals surface area contributed by atoms with Crippen LogP contribution in [0.1, 0.15) is 19.4 Å². The van der Waals surface area contributed by atoms with Gasteiger partial charge in [0.2, 0.25) is 0 Å². The van der Waals surface area contributed by atoms with Crippen molar-refractivity contribution in [3.8, 4) is 6.07 Å². The summed E-state index contributed by atoms with van der Waals surface area (Å²) in [7, 11) is -0.107. The highest BCUT2D eigenvalue weighted by Crippen LogP contribution is 2.39. The van der Waals surface area contributed by atoms with Crippen molar-refractivity contribution in [3.05, 3.63) is 46.0 Å². The van der Waals surface area contributed by atoms with Gasteiger partial charge in [-0.3, -0.25) is 4.79 Å². The maximum Gasteiger partial charge on any atom is 0.258 e. The number of allylic oxidation sites excluding steroid dienone is 2. The molecular weight excluding hydrogens is 396 g/mol. The number of anilines is 1. The first-order chi connectivity index (χ1) is 11.5. The Labute approximate surface area is 159 Å². The van der Waals surface area contributed by atoms with Crippen LogP contribution in [-0.2, 0) is 9.22 Å². The highest BCUT2D eigenvalue weighted by Gasteiger charge is 2.32. The first-order valence-corrected chi connectivity index (χ1v) is 12.3. The number of carbonyl (C=O) groups excluding carboxylic acids is 1. The zero-order valence-electron chi connectivity index (χ0n) is 15.5. The zero-order chi connectivity index (χ0) is 19.0. The summed E-state index contributed by atoms with van der Waals surface area (Å²) in [6.45, 7) is 9.79. The predicted octanol–water partition coefficient (Wildman–Crippen LogP) is 4.89. The first-order valence-electron chi connectivity index (χ1n) is 8.07. The lowest BCUT2D eigenvalue weighted by Crippen LogP contribution is -2.38. The number of hydrogen-bond donors (Lipinski definition) is 0. The molecule has 1 heterocycles. The molecule has 0 spiro atoms. The lowest BCUT2D eigenvalue weighted by atomic mass is 10.00. The molecule has 132 valence electrons. The predicted molar refractivity (Wildman–Crippen MR) is 108 cm³/mol. The van der Waals surface area contributed by atoms with Crippen LogP contribution in [-0.4, -0.2) is 26.9 Å². The average Bonchev–Trinajstić information content (AvgIpc) is 2.74. The third-order valence-electron chi connectivity index (χ3n) is 3.89. The van der Waals surface area contributed by atoms with Gasteiger partial charge in [0.15, 0.2) is 13.9 Å². The summed E-state index contributed by atoms with van der Waals surface area (Å²) in [5, 5.41) is 9.51. The van der Waals surface area contributed by atoms with Crippen LogP contribution in [0.25, 0.3) is 5.57 Å². The van der Waals surface area contributed by atoms with E-state index in [-0.39, 0.29) is 5.91 Å². The highest BCUT2D eigenvalue weighted by atomic mass is 79.9. The summed E-state index contributed by atoms with van der Waals surface area (Å²) in [5.74, 6) is -0.0416. The fourth-order valence-electron chi connectivity index (χ4n) is 2.87. The van der Waals surface area contributed by atoms with Crippen molar-refractivity contribution in [3.63, 3.8) is 0 Å². The lowest BCUT2D eigenvalue weighted by Gasteiger charge is -2.27. The summed E-state index contributed by atoms with van der Waals surface area (Å²) in [6, 6.07) is 8.03. The van der Waals surface area contributed by atoms with E-state index in [2.05, 4.69) is 22.0 Å². The Bertz CT molecular complexity index is 818. The van der Waals surface area contributed by atoms with Gasteiger partial charge in [0.1, 0.15) is 6.07 Å². The second-order valence-electron chi connectivity index (χ2n) is 7.35. The van der Waals surface area contributed by atoms with Gasteiger partial charge >= 0.3 is 0 Å². The maximum absolute atomic E-state index is 12.7. The number of fused-ring (bicyclic) bond motifs is 1. The Morgan fingerprint density at radius 2 is 2.04 bits per heavy atom. The molecule has 1 aliphatic rings.